The Kier molecular flexibility index (Phi) is 5.98. The predicted molar refractivity (Wildman–Crippen MR) is 96.7 cm³/mol. The van der Waals surface area contributed by atoms with Crippen molar-refractivity contribution < 1.29 is 9.00 Å². The molecule has 0 spiro atoms. The molecule has 6 heteroatoms. The van der Waals surface area contributed by atoms with Gasteiger partial charge in [-0.05, 0) is 51.3 Å². The molecule has 0 radical (unpaired) electrons. The minimum absolute atomic E-state index is 0.136. The average Bonchev–Trinajstić information content (AvgIpc) is 2.96. The van der Waals surface area contributed by atoms with Crippen LogP contribution in [0.1, 0.15) is 62.4 Å². The number of nitrogens with one attached hydrogen (secondary N) is 1. The smallest absolute Gasteiger partial charge is 0.253 e. The van der Waals surface area contributed by atoms with E-state index in [1.807, 2.05) is 20.8 Å². The quantitative estimate of drug-likeness (QED) is 0.834. The molecule has 1 aliphatic rings. The highest BCUT2D eigenvalue weighted by Crippen LogP contribution is 2.21. The van der Waals surface area contributed by atoms with E-state index >= 15 is 0 Å². The third kappa shape index (κ3) is 5.15. The Morgan fingerprint density at radius 3 is 2.57 bits per heavy atom. The number of hydrogen-bond donors (Lipinski definition) is 1. The van der Waals surface area contributed by atoms with E-state index in [0.29, 0.717) is 10.6 Å². The lowest BCUT2D eigenvalue weighted by Gasteiger charge is -2.13. The number of carbonyl (C=O) groups excluding carboxylic acids is 1. The number of nitrogens with zero attached hydrogens (tertiary/aromatic N) is 1. The highest BCUT2D eigenvalue weighted by molar-refractivity contribution is 7.85. The molecular formula is C17H23ClN2O2S. The van der Waals surface area contributed by atoms with Crippen LogP contribution in [0.15, 0.2) is 22.6 Å². The molecule has 0 unspecified atom stereocenters. The van der Waals surface area contributed by atoms with Crippen molar-refractivity contribution in [1.82, 2.24) is 5.32 Å². The molecule has 1 fully saturated rings. The van der Waals surface area contributed by atoms with E-state index in [1.165, 1.54) is 19.1 Å². The Bertz CT molecular complexity index is 632. The molecule has 2 rings (SSSR count). The van der Waals surface area contributed by atoms with Gasteiger partial charge in [0.15, 0.2) is 0 Å². The summed E-state index contributed by atoms with van der Waals surface area (Å²) in [5.41, 5.74) is 1.19. The van der Waals surface area contributed by atoms with Crippen molar-refractivity contribution in [3.05, 3.63) is 34.3 Å². The number of halogens is 1. The number of hydrogen-bond acceptors (Lipinski definition) is 2. The van der Waals surface area contributed by atoms with E-state index in [-0.39, 0.29) is 11.9 Å². The first kappa shape index (κ1) is 18.1. The fraction of sp³-hybridized carbons (Fsp3) is 0.529. The molecule has 1 aliphatic carbocycles. The molecule has 1 aromatic carbocycles. The first-order valence-electron chi connectivity index (χ1n) is 7.84. The molecule has 4 nitrogen and oxygen atoms in total. The van der Waals surface area contributed by atoms with Crippen LogP contribution in [-0.4, -0.2) is 27.1 Å². The second-order valence-corrected chi connectivity index (χ2v) is 9.13. The molecule has 1 N–H and O–H groups in total. The van der Waals surface area contributed by atoms with E-state index in [2.05, 4.69) is 9.71 Å². The van der Waals surface area contributed by atoms with Gasteiger partial charge in [0.2, 0.25) is 0 Å². The summed E-state index contributed by atoms with van der Waals surface area (Å²) >= 11 is 6.22. The fourth-order valence-corrected chi connectivity index (χ4v) is 3.20. The van der Waals surface area contributed by atoms with Gasteiger partial charge in [-0.15, -0.1) is 0 Å². The third-order valence-corrected chi connectivity index (χ3v) is 5.41. The van der Waals surface area contributed by atoms with Crippen LogP contribution in [0.5, 0.6) is 0 Å². The first-order chi connectivity index (χ1) is 10.8. The number of amides is 1. The molecule has 1 amide bonds. The summed E-state index contributed by atoms with van der Waals surface area (Å²) in [7, 11) is -1.31. The normalized spacial score (nSPS) is 17.6. The number of benzene rings is 1. The van der Waals surface area contributed by atoms with Crippen LogP contribution in [0.25, 0.3) is 0 Å². The topological polar surface area (TPSA) is 58.5 Å². The molecule has 0 bridgehead atoms. The summed E-state index contributed by atoms with van der Waals surface area (Å²) in [6, 6.07) is 5.38. The van der Waals surface area contributed by atoms with Crippen molar-refractivity contribution in [2.75, 3.05) is 0 Å². The average molecular weight is 355 g/mol. The van der Waals surface area contributed by atoms with Gasteiger partial charge in [-0.3, -0.25) is 4.79 Å². The van der Waals surface area contributed by atoms with Crippen LogP contribution in [0.3, 0.4) is 0 Å². The van der Waals surface area contributed by atoms with E-state index in [1.54, 1.807) is 18.2 Å². The monoisotopic (exact) mass is 354 g/mol. The molecule has 126 valence electrons. The maximum atomic E-state index is 12.3. The zero-order valence-electron chi connectivity index (χ0n) is 13.8. The van der Waals surface area contributed by atoms with Crippen LogP contribution in [0, 0.1) is 0 Å². The van der Waals surface area contributed by atoms with Gasteiger partial charge in [-0.1, -0.05) is 30.5 Å². The van der Waals surface area contributed by atoms with Gasteiger partial charge in [-0.2, -0.15) is 4.40 Å². The van der Waals surface area contributed by atoms with Gasteiger partial charge in [0.25, 0.3) is 5.91 Å². The third-order valence-electron chi connectivity index (χ3n) is 3.75. The molecule has 0 heterocycles. The molecule has 0 aromatic heterocycles. The zero-order chi connectivity index (χ0) is 17.0. The summed E-state index contributed by atoms with van der Waals surface area (Å²) < 4.78 is 15.6. The Hall–Kier alpha value is -1.20. The lowest BCUT2D eigenvalue weighted by atomic mass is 10.1. The van der Waals surface area contributed by atoms with E-state index in [9.17, 15) is 9.00 Å². The SMILES string of the molecule is CC(C)(C)[S@@](=O)N=Cc1ccc(C(=O)NC2CCCC2)c(Cl)c1. The Balaban J connectivity index is 2.06. The summed E-state index contributed by atoms with van der Waals surface area (Å²) in [6.07, 6.45) is 5.93. The van der Waals surface area contributed by atoms with E-state index < -0.39 is 15.7 Å². The highest BCUT2D eigenvalue weighted by Gasteiger charge is 2.20. The minimum Gasteiger partial charge on any atom is -0.349 e. The van der Waals surface area contributed by atoms with Crippen molar-refractivity contribution in [1.29, 1.82) is 0 Å². The Morgan fingerprint density at radius 2 is 2.00 bits per heavy atom. The fourth-order valence-electron chi connectivity index (χ4n) is 2.40. The Labute approximate surface area is 145 Å². The molecular weight excluding hydrogens is 332 g/mol. The second-order valence-electron chi connectivity index (χ2n) is 6.79. The van der Waals surface area contributed by atoms with Crippen molar-refractivity contribution >= 4 is 34.7 Å². The predicted octanol–water partition coefficient (Wildman–Crippen LogP) is 3.89. The van der Waals surface area contributed by atoms with Crippen molar-refractivity contribution in [2.45, 2.75) is 57.2 Å². The number of rotatable bonds is 4. The van der Waals surface area contributed by atoms with Crippen LogP contribution < -0.4 is 5.32 Å². The summed E-state index contributed by atoms with van der Waals surface area (Å²) in [4.78, 5) is 12.3. The summed E-state index contributed by atoms with van der Waals surface area (Å²) in [5, 5.41) is 3.40. The largest absolute Gasteiger partial charge is 0.349 e. The maximum absolute atomic E-state index is 12.3. The van der Waals surface area contributed by atoms with Gasteiger partial charge in [0, 0.05) is 12.3 Å². The van der Waals surface area contributed by atoms with E-state index in [0.717, 1.165) is 18.4 Å². The molecule has 1 saturated carbocycles. The lowest BCUT2D eigenvalue weighted by Crippen LogP contribution is -2.32. The van der Waals surface area contributed by atoms with Crippen molar-refractivity contribution in [2.24, 2.45) is 4.40 Å². The van der Waals surface area contributed by atoms with E-state index in [4.69, 9.17) is 11.6 Å². The minimum atomic E-state index is -1.31. The van der Waals surface area contributed by atoms with Crippen LogP contribution in [0.4, 0.5) is 0 Å². The molecule has 0 saturated heterocycles. The Morgan fingerprint density at radius 1 is 1.35 bits per heavy atom. The van der Waals surface area contributed by atoms with Crippen molar-refractivity contribution in [3.8, 4) is 0 Å². The summed E-state index contributed by atoms with van der Waals surface area (Å²) in [5.74, 6) is -0.136. The zero-order valence-corrected chi connectivity index (χ0v) is 15.3. The number of carbonyl (C=O) groups is 1. The molecule has 1 aromatic rings. The highest BCUT2D eigenvalue weighted by atomic mass is 35.5. The lowest BCUT2D eigenvalue weighted by molar-refractivity contribution is 0.0938. The first-order valence-corrected chi connectivity index (χ1v) is 9.32. The van der Waals surface area contributed by atoms with Crippen molar-refractivity contribution in [3.63, 3.8) is 0 Å². The van der Waals surface area contributed by atoms with Crippen LogP contribution in [-0.2, 0) is 11.0 Å². The molecule has 1 atom stereocenters. The maximum Gasteiger partial charge on any atom is 0.253 e. The van der Waals surface area contributed by atoms with Gasteiger partial charge in [0.05, 0.1) is 15.3 Å². The van der Waals surface area contributed by atoms with Gasteiger partial charge < -0.3 is 5.32 Å². The van der Waals surface area contributed by atoms with Crippen LogP contribution in [0.2, 0.25) is 5.02 Å². The molecule has 23 heavy (non-hydrogen) atoms. The van der Waals surface area contributed by atoms with Gasteiger partial charge in [0.1, 0.15) is 11.0 Å². The second kappa shape index (κ2) is 7.58. The standard InChI is InChI=1S/C17H23ClN2O2S/c1-17(2,3)23(22)19-11-12-8-9-14(15(18)10-12)16(21)20-13-6-4-5-7-13/h8-11,13H,4-7H2,1-3H3,(H,20,21)/t23-/m1/s1. The summed E-state index contributed by atoms with van der Waals surface area (Å²) in [6.45, 7) is 5.59. The van der Waals surface area contributed by atoms with Gasteiger partial charge in [-0.25, -0.2) is 4.21 Å². The van der Waals surface area contributed by atoms with Crippen LogP contribution >= 0.6 is 11.6 Å². The van der Waals surface area contributed by atoms with Gasteiger partial charge >= 0.3 is 0 Å². The molecule has 0 aliphatic heterocycles.